The number of sulfonamides is 1. The van der Waals surface area contributed by atoms with Crippen LogP contribution in [0.3, 0.4) is 0 Å². The molecule has 1 saturated carbocycles. The number of anilines is 1. The Bertz CT molecular complexity index is 1420. The molecule has 1 aliphatic rings. The lowest BCUT2D eigenvalue weighted by Crippen LogP contribution is -2.54. The minimum absolute atomic E-state index is 0.0772. The van der Waals surface area contributed by atoms with E-state index < -0.39 is 28.5 Å². The Kier molecular flexibility index (Phi) is 10.6. The van der Waals surface area contributed by atoms with Crippen LogP contribution in [0.1, 0.15) is 56.6 Å². The Balaban J connectivity index is 1.69. The summed E-state index contributed by atoms with van der Waals surface area (Å²) in [4.78, 5) is 29.4. The molecule has 0 aromatic heterocycles. The molecule has 0 heterocycles. The van der Waals surface area contributed by atoms with Crippen molar-refractivity contribution in [2.45, 2.75) is 75.9 Å². The predicted molar refractivity (Wildman–Crippen MR) is 165 cm³/mol. The largest absolute Gasteiger partial charge is 0.497 e. The fraction of sp³-hybridized carbons (Fsp3) is 0.394. The summed E-state index contributed by atoms with van der Waals surface area (Å²) in [5, 5.41) is 3.17. The zero-order valence-electron chi connectivity index (χ0n) is 24.7. The van der Waals surface area contributed by atoms with Gasteiger partial charge in [-0.25, -0.2) is 8.42 Å². The molecule has 42 heavy (non-hydrogen) atoms. The number of amides is 2. The molecule has 0 spiro atoms. The van der Waals surface area contributed by atoms with Crippen LogP contribution in [0.4, 0.5) is 5.69 Å². The molecule has 0 aliphatic heterocycles. The van der Waals surface area contributed by atoms with Gasteiger partial charge in [0.1, 0.15) is 18.3 Å². The van der Waals surface area contributed by atoms with Crippen LogP contribution in [0.15, 0.2) is 83.8 Å². The highest BCUT2D eigenvalue weighted by molar-refractivity contribution is 7.92. The summed E-state index contributed by atoms with van der Waals surface area (Å²) in [7, 11) is -2.59. The van der Waals surface area contributed by atoms with E-state index in [1.54, 1.807) is 48.5 Å². The molecule has 1 aliphatic carbocycles. The molecule has 3 aromatic carbocycles. The number of nitrogens with zero attached hydrogens (tertiary/aromatic N) is 2. The van der Waals surface area contributed by atoms with Crippen LogP contribution < -0.4 is 14.4 Å². The van der Waals surface area contributed by atoms with Crippen LogP contribution in [-0.4, -0.2) is 50.9 Å². The number of aryl methyl sites for hydroxylation is 1. The predicted octanol–water partition coefficient (Wildman–Crippen LogP) is 5.46. The van der Waals surface area contributed by atoms with E-state index in [9.17, 15) is 18.0 Å². The highest BCUT2D eigenvalue weighted by atomic mass is 32.2. The SMILES string of the molecule is CC[C@H](C(=O)NC1CCCCC1)N(Cc1ccccc1)C(=O)CN(c1ccc(OC)cc1)S(=O)(=O)c1ccc(C)cc1. The molecule has 0 unspecified atom stereocenters. The maximum absolute atomic E-state index is 14.2. The third-order valence-corrected chi connectivity index (χ3v) is 9.57. The van der Waals surface area contributed by atoms with E-state index in [0.717, 1.165) is 41.1 Å². The number of carbonyl (C=O) groups excluding carboxylic acids is 2. The summed E-state index contributed by atoms with van der Waals surface area (Å²) in [6.07, 6.45) is 5.55. The van der Waals surface area contributed by atoms with Crippen molar-refractivity contribution in [3.63, 3.8) is 0 Å². The van der Waals surface area contributed by atoms with Gasteiger partial charge in [0.15, 0.2) is 0 Å². The highest BCUT2D eigenvalue weighted by Gasteiger charge is 2.34. The molecule has 2 amide bonds. The number of carbonyl (C=O) groups is 2. The number of rotatable bonds is 12. The lowest BCUT2D eigenvalue weighted by atomic mass is 9.95. The van der Waals surface area contributed by atoms with Gasteiger partial charge in [0, 0.05) is 12.6 Å². The number of benzene rings is 3. The summed E-state index contributed by atoms with van der Waals surface area (Å²) in [5.74, 6) is -0.101. The van der Waals surface area contributed by atoms with Crippen LogP contribution in [0.5, 0.6) is 5.75 Å². The molecule has 3 aromatic rings. The van der Waals surface area contributed by atoms with Gasteiger partial charge >= 0.3 is 0 Å². The van der Waals surface area contributed by atoms with Crippen LogP contribution in [0.2, 0.25) is 0 Å². The van der Waals surface area contributed by atoms with E-state index in [1.807, 2.05) is 44.2 Å². The number of ether oxygens (including phenoxy) is 1. The molecule has 224 valence electrons. The zero-order chi connectivity index (χ0) is 30.1. The first kappa shape index (κ1) is 31.1. The van der Waals surface area contributed by atoms with Crippen LogP contribution in [0.25, 0.3) is 0 Å². The first-order valence-electron chi connectivity index (χ1n) is 14.6. The van der Waals surface area contributed by atoms with E-state index >= 15 is 0 Å². The van der Waals surface area contributed by atoms with E-state index in [0.29, 0.717) is 17.9 Å². The van der Waals surface area contributed by atoms with Gasteiger partial charge in [0.25, 0.3) is 10.0 Å². The van der Waals surface area contributed by atoms with Crippen molar-refractivity contribution in [2.24, 2.45) is 0 Å². The molecule has 4 rings (SSSR count). The third-order valence-electron chi connectivity index (χ3n) is 7.78. The van der Waals surface area contributed by atoms with Crippen molar-refractivity contribution in [2.75, 3.05) is 18.0 Å². The summed E-state index contributed by atoms with van der Waals surface area (Å²) in [6.45, 7) is 3.46. The lowest BCUT2D eigenvalue weighted by molar-refractivity contribution is -0.140. The second-order valence-corrected chi connectivity index (χ2v) is 12.7. The number of methoxy groups -OCH3 is 1. The molecular formula is C33H41N3O5S. The molecule has 1 N–H and O–H groups in total. The normalized spacial score (nSPS) is 14.5. The fourth-order valence-electron chi connectivity index (χ4n) is 5.36. The Labute approximate surface area is 249 Å². The average Bonchev–Trinajstić information content (AvgIpc) is 3.01. The monoisotopic (exact) mass is 591 g/mol. The molecule has 9 heteroatoms. The minimum Gasteiger partial charge on any atom is -0.497 e. The lowest BCUT2D eigenvalue weighted by Gasteiger charge is -2.34. The van der Waals surface area contributed by atoms with Crippen molar-refractivity contribution < 1.29 is 22.7 Å². The van der Waals surface area contributed by atoms with Gasteiger partial charge in [-0.15, -0.1) is 0 Å². The Morgan fingerprint density at radius 3 is 2.17 bits per heavy atom. The van der Waals surface area contributed by atoms with Gasteiger partial charge in [-0.2, -0.15) is 0 Å². The molecule has 8 nitrogen and oxygen atoms in total. The van der Waals surface area contributed by atoms with Gasteiger partial charge in [-0.05, 0) is 68.1 Å². The number of nitrogens with one attached hydrogen (secondary N) is 1. The van der Waals surface area contributed by atoms with Crippen molar-refractivity contribution in [1.82, 2.24) is 10.2 Å². The molecule has 0 bridgehead atoms. The topological polar surface area (TPSA) is 96.0 Å². The van der Waals surface area contributed by atoms with Crippen molar-refractivity contribution in [3.05, 3.63) is 90.0 Å². The molecular weight excluding hydrogens is 550 g/mol. The Hall–Kier alpha value is -3.85. The van der Waals surface area contributed by atoms with Gasteiger partial charge in [0.05, 0.1) is 17.7 Å². The van der Waals surface area contributed by atoms with Gasteiger partial charge in [-0.1, -0.05) is 74.2 Å². The van der Waals surface area contributed by atoms with Crippen LogP contribution in [0, 0.1) is 6.92 Å². The van der Waals surface area contributed by atoms with Gasteiger partial charge < -0.3 is 15.0 Å². The van der Waals surface area contributed by atoms with Crippen molar-refractivity contribution in [1.29, 1.82) is 0 Å². The molecule has 0 radical (unpaired) electrons. The van der Waals surface area contributed by atoms with Crippen LogP contribution in [-0.2, 0) is 26.2 Å². The summed E-state index contributed by atoms with van der Waals surface area (Å²) in [5.41, 5.74) is 2.10. The van der Waals surface area contributed by atoms with Crippen molar-refractivity contribution >= 4 is 27.5 Å². The quantitative estimate of drug-likeness (QED) is 0.302. The number of hydrogen-bond acceptors (Lipinski definition) is 5. The summed E-state index contributed by atoms with van der Waals surface area (Å²) >= 11 is 0. The number of hydrogen-bond donors (Lipinski definition) is 1. The first-order valence-corrected chi connectivity index (χ1v) is 16.0. The second kappa shape index (κ2) is 14.4. The summed E-state index contributed by atoms with van der Waals surface area (Å²) < 4.78 is 34.4. The molecule has 1 fully saturated rings. The molecule has 1 atom stereocenters. The Morgan fingerprint density at radius 2 is 1.57 bits per heavy atom. The van der Waals surface area contributed by atoms with E-state index in [2.05, 4.69) is 5.32 Å². The van der Waals surface area contributed by atoms with E-state index in [4.69, 9.17) is 4.74 Å². The first-order chi connectivity index (χ1) is 20.2. The maximum Gasteiger partial charge on any atom is 0.264 e. The average molecular weight is 592 g/mol. The third kappa shape index (κ3) is 7.70. The van der Waals surface area contributed by atoms with Crippen molar-refractivity contribution in [3.8, 4) is 5.75 Å². The minimum atomic E-state index is -4.12. The summed E-state index contributed by atoms with van der Waals surface area (Å²) in [6, 6.07) is 21.9. The van der Waals surface area contributed by atoms with Gasteiger partial charge in [-0.3, -0.25) is 13.9 Å². The smallest absolute Gasteiger partial charge is 0.264 e. The van der Waals surface area contributed by atoms with E-state index in [-0.39, 0.29) is 23.4 Å². The van der Waals surface area contributed by atoms with Gasteiger partial charge in [0.2, 0.25) is 11.8 Å². The standard InChI is InChI=1S/C33H41N3O5S/c1-4-31(33(38)34-27-13-9-6-10-14-27)35(23-26-11-7-5-8-12-26)32(37)24-36(28-17-19-29(41-3)20-18-28)42(39,40)30-21-15-25(2)16-22-30/h5,7-8,11-12,15-22,27,31H,4,6,9-10,13-14,23-24H2,1-3H3,(H,34,38)/t31-/m1/s1. The van der Waals surface area contributed by atoms with E-state index in [1.165, 1.54) is 18.4 Å². The second-order valence-electron chi connectivity index (χ2n) is 10.8. The molecule has 0 saturated heterocycles. The maximum atomic E-state index is 14.2. The Morgan fingerprint density at radius 1 is 0.929 bits per heavy atom. The van der Waals surface area contributed by atoms with Crippen LogP contribution >= 0.6 is 0 Å². The zero-order valence-corrected chi connectivity index (χ0v) is 25.5. The fourth-order valence-corrected chi connectivity index (χ4v) is 6.77. The highest BCUT2D eigenvalue weighted by Crippen LogP contribution is 2.27.